The Balaban J connectivity index is 2.09. The monoisotopic (exact) mass is 246 g/mol. The third-order valence-electron chi connectivity index (χ3n) is 4.06. The number of hydrogen-bond donors (Lipinski definition) is 1. The first-order valence-corrected chi connectivity index (χ1v) is 6.92. The number of aryl methyl sites for hydroxylation is 1. The molecule has 1 aliphatic rings. The lowest BCUT2D eigenvalue weighted by molar-refractivity contribution is -0.138. The summed E-state index contributed by atoms with van der Waals surface area (Å²) in [5.41, 5.74) is 1.10. The van der Waals surface area contributed by atoms with E-state index in [4.69, 9.17) is 0 Å². The molecule has 0 amide bonds. The molecular weight excluding hydrogens is 224 g/mol. The number of carbonyl (C=O) groups excluding carboxylic acids is 1. The summed E-state index contributed by atoms with van der Waals surface area (Å²) in [4.78, 5) is 12.3. The summed E-state index contributed by atoms with van der Waals surface area (Å²) in [6, 6.07) is 7.92. The minimum Gasteiger partial charge on any atom is -0.382 e. The molecule has 1 aromatic carbocycles. The van der Waals surface area contributed by atoms with Crippen molar-refractivity contribution in [3.63, 3.8) is 0 Å². The Morgan fingerprint density at radius 3 is 2.39 bits per heavy atom. The number of aliphatic hydroxyl groups is 1. The van der Waals surface area contributed by atoms with E-state index in [2.05, 4.69) is 0 Å². The van der Waals surface area contributed by atoms with Gasteiger partial charge in [0.2, 0.25) is 0 Å². The summed E-state index contributed by atoms with van der Waals surface area (Å²) in [5.74, 6) is -0.00120. The first-order chi connectivity index (χ1) is 8.62. The van der Waals surface area contributed by atoms with E-state index in [0.717, 1.165) is 36.8 Å². The van der Waals surface area contributed by atoms with Crippen LogP contribution in [-0.2, 0) is 11.2 Å². The Hall–Kier alpha value is -1.15. The molecule has 0 saturated heterocycles. The molecule has 18 heavy (non-hydrogen) atoms. The fourth-order valence-electron chi connectivity index (χ4n) is 2.74. The summed E-state index contributed by atoms with van der Waals surface area (Å²) in [7, 11) is 0. The number of carbonyl (C=O) groups is 1. The van der Waals surface area contributed by atoms with E-state index in [-0.39, 0.29) is 5.78 Å². The molecule has 0 heterocycles. The highest BCUT2D eigenvalue weighted by Gasteiger charge is 2.35. The van der Waals surface area contributed by atoms with Crippen LogP contribution in [0.1, 0.15) is 49.7 Å². The van der Waals surface area contributed by atoms with Crippen LogP contribution in [0.5, 0.6) is 0 Å². The van der Waals surface area contributed by atoms with Crippen molar-refractivity contribution in [3.05, 3.63) is 35.4 Å². The highest BCUT2D eigenvalue weighted by Crippen LogP contribution is 2.29. The Bertz CT molecular complexity index is 415. The van der Waals surface area contributed by atoms with Gasteiger partial charge in [0.1, 0.15) is 5.60 Å². The lowest BCUT2D eigenvalue weighted by atomic mass is 9.86. The zero-order valence-electron chi connectivity index (χ0n) is 11.1. The van der Waals surface area contributed by atoms with Crippen molar-refractivity contribution < 1.29 is 9.90 Å². The zero-order chi connectivity index (χ0) is 13.0. The van der Waals surface area contributed by atoms with Gasteiger partial charge in [-0.1, -0.05) is 49.9 Å². The fourth-order valence-corrected chi connectivity index (χ4v) is 2.74. The van der Waals surface area contributed by atoms with Gasteiger partial charge >= 0.3 is 0 Å². The predicted octanol–water partition coefficient (Wildman–Crippen LogP) is 3.19. The molecule has 0 aromatic heterocycles. The predicted molar refractivity (Wildman–Crippen MR) is 72.5 cm³/mol. The van der Waals surface area contributed by atoms with Gasteiger partial charge in [0.05, 0.1) is 0 Å². The van der Waals surface area contributed by atoms with Gasteiger partial charge in [-0.05, 0) is 30.9 Å². The number of hydrogen-bond acceptors (Lipinski definition) is 2. The normalized spacial score (nSPS) is 19.2. The summed E-state index contributed by atoms with van der Waals surface area (Å²) in [6.45, 7) is 2.01. The maximum Gasteiger partial charge on any atom is 0.168 e. The van der Waals surface area contributed by atoms with Crippen LogP contribution < -0.4 is 0 Å². The molecule has 0 aliphatic heterocycles. The molecule has 1 fully saturated rings. The van der Waals surface area contributed by atoms with Crippen LogP contribution in [0.15, 0.2) is 24.3 Å². The quantitative estimate of drug-likeness (QED) is 0.832. The van der Waals surface area contributed by atoms with Gasteiger partial charge in [-0.2, -0.15) is 0 Å². The van der Waals surface area contributed by atoms with Gasteiger partial charge < -0.3 is 5.11 Å². The van der Waals surface area contributed by atoms with Gasteiger partial charge in [0.25, 0.3) is 0 Å². The van der Waals surface area contributed by atoms with E-state index in [1.165, 1.54) is 0 Å². The van der Waals surface area contributed by atoms with Gasteiger partial charge in [-0.15, -0.1) is 0 Å². The van der Waals surface area contributed by atoms with Crippen LogP contribution in [0.25, 0.3) is 0 Å². The summed E-state index contributed by atoms with van der Waals surface area (Å²) in [5, 5.41) is 10.5. The third kappa shape index (κ3) is 2.99. The molecule has 0 radical (unpaired) electrons. The summed E-state index contributed by atoms with van der Waals surface area (Å²) < 4.78 is 0. The SMILES string of the molecule is Cc1ccccc1CC(=O)C1(O)CCCCCC1. The van der Waals surface area contributed by atoms with E-state index in [0.29, 0.717) is 19.3 Å². The molecule has 1 aromatic rings. The van der Waals surface area contributed by atoms with Crippen LogP contribution >= 0.6 is 0 Å². The topological polar surface area (TPSA) is 37.3 Å². The van der Waals surface area contributed by atoms with Gasteiger partial charge in [-0.3, -0.25) is 4.79 Å². The molecule has 98 valence electrons. The summed E-state index contributed by atoms with van der Waals surface area (Å²) >= 11 is 0. The second-order valence-corrected chi connectivity index (χ2v) is 5.47. The van der Waals surface area contributed by atoms with Crippen molar-refractivity contribution in [1.82, 2.24) is 0 Å². The highest BCUT2D eigenvalue weighted by molar-refractivity contribution is 5.89. The minimum atomic E-state index is -1.07. The van der Waals surface area contributed by atoms with Crippen LogP contribution in [0.4, 0.5) is 0 Å². The lowest BCUT2D eigenvalue weighted by Crippen LogP contribution is -2.39. The number of Topliss-reactive ketones (excluding diaryl/α,β-unsaturated/α-hetero) is 1. The molecule has 0 bridgehead atoms. The van der Waals surface area contributed by atoms with Crippen molar-refractivity contribution in [3.8, 4) is 0 Å². The summed E-state index contributed by atoms with van der Waals surface area (Å²) in [6.07, 6.45) is 5.85. The van der Waals surface area contributed by atoms with Crippen LogP contribution in [-0.4, -0.2) is 16.5 Å². The van der Waals surface area contributed by atoms with E-state index < -0.39 is 5.60 Å². The highest BCUT2D eigenvalue weighted by atomic mass is 16.3. The maximum absolute atomic E-state index is 12.3. The largest absolute Gasteiger partial charge is 0.382 e. The Morgan fingerprint density at radius 2 is 1.78 bits per heavy atom. The smallest absolute Gasteiger partial charge is 0.168 e. The molecule has 0 spiro atoms. The Morgan fingerprint density at radius 1 is 1.17 bits per heavy atom. The Labute approximate surface area is 109 Å². The van der Waals surface area contributed by atoms with E-state index >= 15 is 0 Å². The third-order valence-corrected chi connectivity index (χ3v) is 4.06. The number of benzene rings is 1. The van der Waals surface area contributed by atoms with Gasteiger partial charge in [-0.25, -0.2) is 0 Å². The average molecular weight is 246 g/mol. The molecule has 1 N–H and O–H groups in total. The van der Waals surface area contributed by atoms with Crippen molar-refractivity contribution in [2.75, 3.05) is 0 Å². The van der Waals surface area contributed by atoms with Gasteiger partial charge in [0.15, 0.2) is 5.78 Å². The maximum atomic E-state index is 12.3. The Kier molecular flexibility index (Phi) is 4.18. The van der Waals surface area contributed by atoms with Crippen LogP contribution in [0.3, 0.4) is 0 Å². The zero-order valence-corrected chi connectivity index (χ0v) is 11.1. The molecule has 1 aliphatic carbocycles. The molecular formula is C16H22O2. The lowest BCUT2D eigenvalue weighted by Gasteiger charge is -2.25. The van der Waals surface area contributed by atoms with Crippen molar-refractivity contribution in [1.29, 1.82) is 0 Å². The van der Waals surface area contributed by atoms with Crippen molar-refractivity contribution in [2.45, 2.75) is 57.5 Å². The standard InChI is InChI=1S/C16H22O2/c1-13-8-4-5-9-14(13)12-15(17)16(18)10-6-2-3-7-11-16/h4-5,8-9,18H,2-3,6-7,10-12H2,1H3. The first kappa shape index (κ1) is 13.3. The van der Waals surface area contributed by atoms with E-state index in [9.17, 15) is 9.90 Å². The second-order valence-electron chi connectivity index (χ2n) is 5.47. The molecule has 0 atom stereocenters. The fraction of sp³-hybridized carbons (Fsp3) is 0.562. The van der Waals surface area contributed by atoms with Crippen molar-refractivity contribution in [2.24, 2.45) is 0 Å². The van der Waals surface area contributed by atoms with E-state index in [1.54, 1.807) is 0 Å². The number of rotatable bonds is 3. The molecule has 0 unspecified atom stereocenters. The van der Waals surface area contributed by atoms with Gasteiger partial charge in [0, 0.05) is 6.42 Å². The molecule has 1 saturated carbocycles. The van der Waals surface area contributed by atoms with Crippen LogP contribution in [0.2, 0.25) is 0 Å². The first-order valence-electron chi connectivity index (χ1n) is 6.92. The van der Waals surface area contributed by atoms with Crippen LogP contribution in [0, 0.1) is 6.92 Å². The molecule has 2 heteroatoms. The van der Waals surface area contributed by atoms with E-state index in [1.807, 2.05) is 31.2 Å². The number of ketones is 1. The molecule has 2 rings (SSSR count). The second kappa shape index (κ2) is 5.66. The molecule has 2 nitrogen and oxygen atoms in total. The van der Waals surface area contributed by atoms with Crippen molar-refractivity contribution >= 4 is 5.78 Å². The average Bonchev–Trinajstić information content (AvgIpc) is 2.58. The minimum absolute atomic E-state index is 0.00120.